The molecule has 0 spiro atoms. The lowest BCUT2D eigenvalue weighted by molar-refractivity contribution is -0.125. The standard InChI is InChI=1S/C16H15N3O3/c1-21-13-4-2-11(3-5-13)14-10-15(22-19-14)16(20)18-12-6-8-17-9-7-12/h2-9,15H,10H2,1H3,(H,17,18,20)/t15-/m0/s1. The second kappa shape index (κ2) is 6.26. The first-order chi connectivity index (χ1) is 10.8. The molecule has 0 saturated carbocycles. The fourth-order valence-corrected chi connectivity index (χ4v) is 2.13. The number of hydrogen-bond donors (Lipinski definition) is 1. The molecule has 1 aliphatic rings. The van der Waals surface area contributed by atoms with Gasteiger partial charge in [0.1, 0.15) is 5.75 Å². The number of oxime groups is 1. The SMILES string of the molecule is COc1ccc(C2=NO[C@H](C(=O)Nc3ccncc3)C2)cc1. The quantitative estimate of drug-likeness (QED) is 0.939. The van der Waals surface area contributed by atoms with Gasteiger partial charge in [-0.05, 0) is 42.0 Å². The predicted molar refractivity (Wildman–Crippen MR) is 81.9 cm³/mol. The number of nitrogens with one attached hydrogen (secondary N) is 1. The van der Waals surface area contributed by atoms with Gasteiger partial charge in [-0.25, -0.2) is 0 Å². The fourth-order valence-electron chi connectivity index (χ4n) is 2.13. The molecule has 6 nitrogen and oxygen atoms in total. The van der Waals surface area contributed by atoms with Crippen molar-refractivity contribution in [1.82, 2.24) is 4.98 Å². The van der Waals surface area contributed by atoms with Crippen molar-refractivity contribution >= 4 is 17.3 Å². The normalized spacial score (nSPS) is 16.6. The zero-order valence-electron chi connectivity index (χ0n) is 12.0. The lowest BCUT2D eigenvalue weighted by Crippen LogP contribution is -2.28. The molecule has 0 fully saturated rings. The zero-order chi connectivity index (χ0) is 15.4. The van der Waals surface area contributed by atoms with Gasteiger partial charge in [-0.1, -0.05) is 5.16 Å². The van der Waals surface area contributed by atoms with E-state index >= 15 is 0 Å². The first-order valence-corrected chi connectivity index (χ1v) is 6.84. The van der Waals surface area contributed by atoms with Gasteiger partial charge in [0.25, 0.3) is 5.91 Å². The molecule has 1 amide bonds. The van der Waals surface area contributed by atoms with E-state index in [2.05, 4.69) is 15.5 Å². The Morgan fingerprint density at radius 1 is 1.23 bits per heavy atom. The summed E-state index contributed by atoms with van der Waals surface area (Å²) in [5, 5.41) is 6.79. The first kappa shape index (κ1) is 14.1. The van der Waals surface area contributed by atoms with Gasteiger partial charge < -0.3 is 14.9 Å². The van der Waals surface area contributed by atoms with Crippen LogP contribution < -0.4 is 10.1 Å². The second-order valence-electron chi connectivity index (χ2n) is 4.79. The Bertz CT molecular complexity index is 684. The van der Waals surface area contributed by atoms with E-state index in [1.54, 1.807) is 31.6 Å². The molecule has 22 heavy (non-hydrogen) atoms. The molecule has 6 heteroatoms. The Labute approximate surface area is 127 Å². The van der Waals surface area contributed by atoms with Gasteiger partial charge >= 0.3 is 0 Å². The number of ether oxygens (including phenoxy) is 1. The number of benzene rings is 1. The highest BCUT2D eigenvalue weighted by atomic mass is 16.6. The summed E-state index contributed by atoms with van der Waals surface area (Å²) in [6.07, 6.45) is 3.04. The molecular weight excluding hydrogens is 282 g/mol. The summed E-state index contributed by atoms with van der Waals surface area (Å²) < 4.78 is 5.12. The maximum atomic E-state index is 12.1. The first-order valence-electron chi connectivity index (χ1n) is 6.84. The summed E-state index contributed by atoms with van der Waals surface area (Å²) in [4.78, 5) is 21.3. The maximum absolute atomic E-state index is 12.1. The van der Waals surface area contributed by atoms with Crippen molar-refractivity contribution in [2.75, 3.05) is 12.4 Å². The average Bonchev–Trinajstić information content (AvgIpc) is 3.06. The molecule has 0 bridgehead atoms. The van der Waals surface area contributed by atoms with Crippen molar-refractivity contribution in [1.29, 1.82) is 0 Å². The van der Waals surface area contributed by atoms with Crippen LogP contribution in [0.1, 0.15) is 12.0 Å². The van der Waals surface area contributed by atoms with Crippen LogP contribution in [-0.4, -0.2) is 29.8 Å². The molecule has 2 heterocycles. The zero-order valence-corrected chi connectivity index (χ0v) is 12.0. The third-order valence-electron chi connectivity index (χ3n) is 3.33. The Balaban J connectivity index is 1.62. The highest BCUT2D eigenvalue weighted by Gasteiger charge is 2.28. The summed E-state index contributed by atoms with van der Waals surface area (Å²) in [6, 6.07) is 10.9. The summed E-state index contributed by atoms with van der Waals surface area (Å²) in [6.45, 7) is 0. The van der Waals surface area contributed by atoms with Crippen LogP contribution in [0.3, 0.4) is 0 Å². The molecule has 0 radical (unpaired) electrons. The van der Waals surface area contributed by atoms with E-state index in [1.807, 2.05) is 24.3 Å². The van der Waals surface area contributed by atoms with Crippen LogP contribution in [0.15, 0.2) is 53.9 Å². The Morgan fingerprint density at radius 2 is 1.95 bits per heavy atom. The van der Waals surface area contributed by atoms with E-state index in [-0.39, 0.29) is 5.91 Å². The average molecular weight is 297 g/mol. The van der Waals surface area contributed by atoms with Crippen LogP contribution in [0.4, 0.5) is 5.69 Å². The molecule has 3 rings (SSSR count). The van der Waals surface area contributed by atoms with Gasteiger partial charge in [0.2, 0.25) is 6.10 Å². The highest BCUT2D eigenvalue weighted by Crippen LogP contribution is 2.20. The van der Waals surface area contributed by atoms with Gasteiger partial charge in [0, 0.05) is 24.5 Å². The van der Waals surface area contributed by atoms with Crippen LogP contribution in [0, 0.1) is 0 Å². The number of aromatic nitrogens is 1. The van der Waals surface area contributed by atoms with Crippen molar-refractivity contribution in [2.24, 2.45) is 5.16 Å². The van der Waals surface area contributed by atoms with Crippen LogP contribution in [0.5, 0.6) is 5.75 Å². The van der Waals surface area contributed by atoms with Crippen molar-refractivity contribution in [3.05, 3.63) is 54.4 Å². The largest absolute Gasteiger partial charge is 0.497 e. The van der Waals surface area contributed by atoms with Crippen LogP contribution in [-0.2, 0) is 9.63 Å². The molecule has 2 aromatic rings. The highest BCUT2D eigenvalue weighted by molar-refractivity contribution is 6.06. The van der Waals surface area contributed by atoms with Crippen molar-refractivity contribution in [3.8, 4) is 5.75 Å². The molecule has 1 N–H and O–H groups in total. The number of amides is 1. The summed E-state index contributed by atoms with van der Waals surface area (Å²) >= 11 is 0. The van der Waals surface area contributed by atoms with Gasteiger partial charge in [-0.15, -0.1) is 0 Å². The maximum Gasteiger partial charge on any atom is 0.268 e. The molecule has 1 aromatic heterocycles. The van der Waals surface area contributed by atoms with E-state index in [9.17, 15) is 4.79 Å². The minimum absolute atomic E-state index is 0.224. The molecule has 0 saturated heterocycles. The van der Waals surface area contributed by atoms with Crippen molar-refractivity contribution < 1.29 is 14.4 Å². The summed E-state index contributed by atoms with van der Waals surface area (Å²) in [7, 11) is 1.62. The number of pyridine rings is 1. The number of methoxy groups -OCH3 is 1. The third-order valence-corrected chi connectivity index (χ3v) is 3.33. The minimum Gasteiger partial charge on any atom is -0.497 e. The second-order valence-corrected chi connectivity index (χ2v) is 4.79. The van der Waals surface area contributed by atoms with Gasteiger partial charge in [0.05, 0.1) is 12.8 Å². The lowest BCUT2D eigenvalue weighted by atomic mass is 10.0. The molecule has 0 aliphatic carbocycles. The predicted octanol–water partition coefficient (Wildman–Crippen LogP) is 2.22. The fraction of sp³-hybridized carbons (Fsp3) is 0.188. The Hall–Kier alpha value is -2.89. The summed E-state index contributed by atoms with van der Waals surface area (Å²) in [5.41, 5.74) is 2.35. The lowest BCUT2D eigenvalue weighted by Gasteiger charge is -2.09. The summed E-state index contributed by atoms with van der Waals surface area (Å²) in [5.74, 6) is 0.550. The van der Waals surface area contributed by atoms with E-state index in [0.29, 0.717) is 12.1 Å². The number of carbonyl (C=O) groups excluding carboxylic acids is 1. The molecule has 112 valence electrons. The molecular formula is C16H15N3O3. The van der Waals surface area contributed by atoms with Crippen molar-refractivity contribution in [3.63, 3.8) is 0 Å². The van der Waals surface area contributed by atoms with E-state index < -0.39 is 6.10 Å². The number of carbonyl (C=O) groups is 1. The Morgan fingerprint density at radius 3 is 2.64 bits per heavy atom. The van der Waals surface area contributed by atoms with E-state index in [1.165, 1.54) is 0 Å². The smallest absolute Gasteiger partial charge is 0.268 e. The Kier molecular flexibility index (Phi) is 4.00. The molecule has 1 aromatic carbocycles. The van der Waals surface area contributed by atoms with E-state index in [0.717, 1.165) is 17.0 Å². The molecule has 1 aliphatic heterocycles. The van der Waals surface area contributed by atoms with Crippen LogP contribution >= 0.6 is 0 Å². The van der Waals surface area contributed by atoms with Gasteiger partial charge in [-0.3, -0.25) is 9.78 Å². The van der Waals surface area contributed by atoms with E-state index in [4.69, 9.17) is 9.57 Å². The number of hydrogen-bond acceptors (Lipinski definition) is 5. The van der Waals surface area contributed by atoms with Crippen LogP contribution in [0.25, 0.3) is 0 Å². The third kappa shape index (κ3) is 3.06. The number of anilines is 1. The minimum atomic E-state index is -0.620. The van der Waals surface area contributed by atoms with Gasteiger partial charge in [0.15, 0.2) is 0 Å². The van der Waals surface area contributed by atoms with Gasteiger partial charge in [-0.2, -0.15) is 0 Å². The van der Waals surface area contributed by atoms with Crippen molar-refractivity contribution in [2.45, 2.75) is 12.5 Å². The molecule has 0 unspecified atom stereocenters. The number of nitrogens with zero attached hydrogens (tertiary/aromatic N) is 2. The number of rotatable bonds is 4. The topological polar surface area (TPSA) is 72.8 Å². The monoisotopic (exact) mass is 297 g/mol. The molecule has 1 atom stereocenters. The van der Waals surface area contributed by atoms with Crippen LogP contribution in [0.2, 0.25) is 0 Å².